The molecule has 7 nitrogen and oxygen atoms in total. The number of amides is 1. The van der Waals surface area contributed by atoms with Crippen LogP contribution in [-0.2, 0) is 14.3 Å². The Balaban J connectivity index is 1.48. The van der Waals surface area contributed by atoms with E-state index in [-0.39, 0.29) is 6.61 Å². The summed E-state index contributed by atoms with van der Waals surface area (Å²) >= 11 is 0. The molecule has 0 bridgehead atoms. The number of carbonyl (C=O) groups is 2. The van der Waals surface area contributed by atoms with E-state index >= 15 is 0 Å². The zero-order valence-electron chi connectivity index (χ0n) is 13.6. The monoisotopic (exact) mass is 343 g/mol. The molecule has 7 heteroatoms. The molecule has 0 saturated carbocycles. The van der Waals surface area contributed by atoms with Crippen LogP contribution in [-0.4, -0.2) is 38.3 Å². The first kappa shape index (κ1) is 16.6. The van der Waals surface area contributed by atoms with Gasteiger partial charge in [0, 0.05) is 5.69 Å². The van der Waals surface area contributed by atoms with E-state index in [1.54, 1.807) is 49.6 Å². The Kier molecular flexibility index (Phi) is 5.03. The molecule has 1 heterocycles. The van der Waals surface area contributed by atoms with Gasteiger partial charge in [0.2, 0.25) is 6.10 Å². The summed E-state index contributed by atoms with van der Waals surface area (Å²) in [6.07, 6.45) is -0.899. The van der Waals surface area contributed by atoms with E-state index in [0.29, 0.717) is 22.9 Å². The molecule has 0 fully saturated rings. The van der Waals surface area contributed by atoms with Gasteiger partial charge in [0.25, 0.3) is 5.91 Å². The molecule has 1 amide bonds. The number of benzene rings is 2. The molecular formula is C18H17NO6. The Bertz CT molecular complexity index is 758. The number of rotatable bonds is 5. The Labute approximate surface area is 144 Å². The second-order valence-electron chi connectivity index (χ2n) is 5.25. The van der Waals surface area contributed by atoms with Gasteiger partial charge in [0.1, 0.15) is 12.4 Å². The fourth-order valence-corrected chi connectivity index (χ4v) is 2.24. The number of hydrogen-bond donors (Lipinski definition) is 1. The highest BCUT2D eigenvalue weighted by molar-refractivity contribution is 5.93. The van der Waals surface area contributed by atoms with Crippen molar-refractivity contribution in [1.82, 2.24) is 0 Å². The van der Waals surface area contributed by atoms with Crippen molar-refractivity contribution in [3.63, 3.8) is 0 Å². The summed E-state index contributed by atoms with van der Waals surface area (Å²) in [6, 6.07) is 13.8. The molecule has 2 aromatic carbocycles. The predicted molar refractivity (Wildman–Crippen MR) is 88.9 cm³/mol. The normalized spacial score (nSPS) is 15.2. The number of nitrogens with one attached hydrogen (secondary N) is 1. The van der Waals surface area contributed by atoms with Gasteiger partial charge in [-0.25, -0.2) is 4.79 Å². The largest absolute Gasteiger partial charge is 0.497 e. The Hall–Kier alpha value is -3.22. The summed E-state index contributed by atoms with van der Waals surface area (Å²) in [7, 11) is 1.56. The molecule has 1 N–H and O–H groups in total. The Morgan fingerprint density at radius 3 is 2.56 bits per heavy atom. The quantitative estimate of drug-likeness (QED) is 0.836. The van der Waals surface area contributed by atoms with Crippen LogP contribution in [0.15, 0.2) is 48.5 Å². The zero-order valence-corrected chi connectivity index (χ0v) is 13.6. The highest BCUT2D eigenvalue weighted by atomic mass is 16.6. The summed E-state index contributed by atoms with van der Waals surface area (Å²) in [4.78, 5) is 23.9. The average Bonchev–Trinajstić information content (AvgIpc) is 2.66. The van der Waals surface area contributed by atoms with Gasteiger partial charge >= 0.3 is 5.97 Å². The standard InChI is InChI=1S/C18H17NO6/c1-22-13-8-6-12(7-9-13)19-17(20)11-24-18(21)16-10-23-14-4-2-3-5-15(14)25-16/h2-9,16H,10-11H2,1H3,(H,19,20)/t16-/m0/s1. The molecule has 3 rings (SSSR count). The number of hydrogen-bond acceptors (Lipinski definition) is 6. The molecule has 130 valence electrons. The van der Waals surface area contributed by atoms with Crippen LogP contribution in [0.1, 0.15) is 0 Å². The molecule has 0 spiro atoms. The van der Waals surface area contributed by atoms with Gasteiger partial charge in [-0.3, -0.25) is 4.79 Å². The van der Waals surface area contributed by atoms with Crippen molar-refractivity contribution < 1.29 is 28.5 Å². The first-order valence-electron chi connectivity index (χ1n) is 7.65. The summed E-state index contributed by atoms with van der Waals surface area (Å²) < 4.78 is 21.0. The molecule has 0 unspecified atom stereocenters. The minimum absolute atomic E-state index is 0.0376. The molecule has 1 aliphatic heterocycles. The summed E-state index contributed by atoms with van der Waals surface area (Å²) in [5, 5.41) is 2.62. The SMILES string of the molecule is COc1ccc(NC(=O)COC(=O)[C@@H]2COc3ccccc3O2)cc1. The number of anilines is 1. The number of carbonyl (C=O) groups excluding carboxylic acids is 2. The molecular weight excluding hydrogens is 326 g/mol. The highest BCUT2D eigenvalue weighted by Gasteiger charge is 2.29. The van der Waals surface area contributed by atoms with Crippen LogP contribution in [0.5, 0.6) is 17.2 Å². The third kappa shape index (κ3) is 4.20. The van der Waals surface area contributed by atoms with Gasteiger partial charge in [-0.15, -0.1) is 0 Å². The number of esters is 1. The van der Waals surface area contributed by atoms with E-state index < -0.39 is 24.6 Å². The molecule has 25 heavy (non-hydrogen) atoms. The fraction of sp³-hybridized carbons (Fsp3) is 0.222. The van der Waals surface area contributed by atoms with Crippen molar-refractivity contribution >= 4 is 17.6 Å². The van der Waals surface area contributed by atoms with Gasteiger partial charge in [-0.1, -0.05) is 12.1 Å². The van der Waals surface area contributed by atoms with Crippen molar-refractivity contribution in [1.29, 1.82) is 0 Å². The molecule has 1 aliphatic rings. The van der Waals surface area contributed by atoms with E-state index in [2.05, 4.69) is 5.32 Å². The van der Waals surface area contributed by atoms with E-state index in [4.69, 9.17) is 18.9 Å². The number of methoxy groups -OCH3 is 1. The molecule has 0 saturated heterocycles. The molecule has 2 aromatic rings. The first-order valence-corrected chi connectivity index (χ1v) is 7.65. The lowest BCUT2D eigenvalue weighted by Crippen LogP contribution is -2.39. The number of fused-ring (bicyclic) bond motifs is 1. The lowest BCUT2D eigenvalue weighted by atomic mass is 10.2. The van der Waals surface area contributed by atoms with Gasteiger partial charge in [-0.2, -0.15) is 0 Å². The predicted octanol–water partition coefficient (Wildman–Crippen LogP) is 2.02. The van der Waals surface area contributed by atoms with Gasteiger partial charge < -0.3 is 24.3 Å². The maximum atomic E-state index is 12.0. The van der Waals surface area contributed by atoms with E-state index in [1.165, 1.54) is 0 Å². The van der Waals surface area contributed by atoms with Gasteiger partial charge in [0.05, 0.1) is 7.11 Å². The van der Waals surface area contributed by atoms with E-state index in [1.807, 2.05) is 6.07 Å². The fourth-order valence-electron chi connectivity index (χ4n) is 2.24. The minimum Gasteiger partial charge on any atom is -0.497 e. The third-order valence-electron chi connectivity index (χ3n) is 3.49. The summed E-state index contributed by atoms with van der Waals surface area (Å²) in [5.74, 6) is 0.622. The van der Waals surface area contributed by atoms with Crippen molar-refractivity contribution in [3.05, 3.63) is 48.5 Å². The lowest BCUT2D eigenvalue weighted by Gasteiger charge is -2.24. The Morgan fingerprint density at radius 2 is 1.84 bits per heavy atom. The number of para-hydroxylation sites is 2. The Morgan fingerprint density at radius 1 is 1.12 bits per heavy atom. The smallest absolute Gasteiger partial charge is 0.351 e. The molecule has 0 aliphatic carbocycles. The van der Waals surface area contributed by atoms with Crippen LogP contribution >= 0.6 is 0 Å². The van der Waals surface area contributed by atoms with Crippen LogP contribution in [0.2, 0.25) is 0 Å². The minimum atomic E-state index is -0.899. The highest BCUT2D eigenvalue weighted by Crippen LogP contribution is 2.31. The maximum absolute atomic E-state index is 12.0. The second kappa shape index (κ2) is 7.57. The topological polar surface area (TPSA) is 83.1 Å². The van der Waals surface area contributed by atoms with E-state index in [0.717, 1.165) is 0 Å². The zero-order chi connectivity index (χ0) is 17.6. The van der Waals surface area contributed by atoms with Crippen molar-refractivity contribution in [3.8, 4) is 17.2 Å². The average molecular weight is 343 g/mol. The number of ether oxygens (including phenoxy) is 4. The van der Waals surface area contributed by atoms with Gasteiger partial charge in [0.15, 0.2) is 18.1 Å². The van der Waals surface area contributed by atoms with Crippen LogP contribution in [0, 0.1) is 0 Å². The lowest BCUT2D eigenvalue weighted by molar-refractivity contribution is -0.156. The third-order valence-corrected chi connectivity index (χ3v) is 3.49. The van der Waals surface area contributed by atoms with Crippen molar-refractivity contribution in [2.45, 2.75) is 6.10 Å². The maximum Gasteiger partial charge on any atom is 0.351 e. The molecule has 0 aromatic heterocycles. The summed E-state index contributed by atoms with van der Waals surface area (Å²) in [5.41, 5.74) is 0.577. The van der Waals surface area contributed by atoms with Crippen molar-refractivity contribution in [2.75, 3.05) is 25.6 Å². The van der Waals surface area contributed by atoms with Crippen LogP contribution < -0.4 is 19.5 Å². The molecule has 1 atom stereocenters. The van der Waals surface area contributed by atoms with Crippen LogP contribution in [0.3, 0.4) is 0 Å². The second-order valence-corrected chi connectivity index (χ2v) is 5.25. The van der Waals surface area contributed by atoms with Crippen molar-refractivity contribution in [2.24, 2.45) is 0 Å². The van der Waals surface area contributed by atoms with E-state index in [9.17, 15) is 9.59 Å². The molecule has 0 radical (unpaired) electrons. The van der Waals surface area contributed by atoms with Crippen LogP contribution in [0.4, 0.5) is 5.69 Å². The summed E-state index contributed by atoms with van der Waals surface area (Å²) in [6.45, 7) is -0.373. The van der Waals surface area contributed by atoms with Gasteiger partial charge in [-0.05, 0) is 36.4 Å². The first-order chi connectivity index (χ1) is 12.2. The van der Waals surface area contributed by atoms with Crippen LogP contribution in [0.25, 0.3) is 0 Å².